The predicted octanol–water partition coefficient (Wildman–Crippen LogP) is 5.48. The summed E-state index contributed by atoms with van der Waals surface area (Å²) in [6, 6.07) is 18.8. The van der Waals surface area contributed by atoms with Gasteiger partial charge in [0.15, 0.2) is 0 Å². The number of nitrogens with zero attached hydrogens (tertiary/aromatic N) is 1. The Bertz CT molecular complexity index is 1170. The van der Waals surface area contributed by atoms with Crippen LogP contribution in [0.15, 0.2) is 72.8 Å². The monoisotopic (exact) mass is 518 g/mol. The second kappa shape index (κ2) is 17.2. The van der Waals surface area contributed by atoms with Gasteiger partial charge in [0.05, 0.1) is 0 Å². The largest absolute Gasteiger partial charge is 0.366 e. The molecule has 0 atom stereocenters. The van der Waals surface area contributed by atoms with Gasteiger partial charge >= 0.3 is 0 Å². The quantitative estimate of drug-likeness (QED) is 0.324. The molecule has 0 aliphatic rings. The van der Waals surface area contributed by atoms with E-state index in [4.69, 9.17) is 5.73 Å². The summed E-state index contributed by atoms with van der Waals surface area (Å²) in [7, 11) is 0. The van der Waals surface area contributed by atoms with E-state index in [9.17, 15) is 19.2 Å². The van der Waals surface area contributed by atoms with Crippen LogP contribution in [0.1, 0.15) is 76.1 Å². The number of carbonyl (C=O) groups is 4. The topological polar surface area (TPSA) is 122 Å². The summed E-state index contributed by atoms with van der Waals surface area (Å²) in [6.07, 6.45) is 0.717. The van der Waals surface area contributed by atoms with Gasteiger partial charge in [-0.1, -0.05) is 40.7 Å². The Morgan fingerprint density at radius 2 is 1.13 bits per heavy atom. The average molecular weight is 519 g/mol. The third-order valence-electron chi connectivity index (χ3n) is 5.46. The van der Waals surface area contributed by atoms with E-state index in [0.717, 1.165) is 6.29 Å². The number of carbonyl (C=O) groups excluding carboxylic acids is 4. The van der Waals surface area contributed by atoms with Crippen molar-refractivity contribution < 1.29 is 19.2 Å². The van der Waals surface area contributed by atoms with Crippen LogP contribution in [0, 0.1) is 0 Å². The molecule has 8 nitrogen and oxygen atoms in total. The molecule has 38 heavy (non-hydrogen) atoms. The van der Waals surface area contributed by atoms with E-state index in [-0.39, 0.29) is 5.91 Å². The van der Waals surface area contributed by atoms with Crippen LogP contribution >= 0.6 is 0 Å². The molecular weight excluding hydrogens is 480 g/mol. The summed E-state index contributed by atoms with van der Waals surface area (Å²) in [6.45, 7) is 14.1. The molecule has 8 heteroatoms. The number of aldehydes is 1. The number of nitrogens with one attached hydrogen (secondary N) is 2. The predicted molar refractivity (Wildman–Crippen MR) is 154 cm³/mol. The Kier molecular flexibility index (Phi) is 14.4. The maximum atomic E-state index is 12.5. The van der Waals surface area contributed by atoms with Crippen LogP contribution in [0.2, 0.25) is 0 Å². The van der Waals surface area contributed by atoms with E-state index in [1.807, 2.05) is 13.8 Å². The number of rotatable bonds is 9. The van der Waals surface area contributed by atoms with Crippen molar-refractivity contribution in [3.05, 3.63) is 95.1 Å². The molecule has 0 heterocycles. The molecule has 4 N–H and O–H groups in total. The van der Waals surface area contributed by atoms with Crippen molar-refractivity contribution in [2.45, 2.75) is 34.6 Å². The molecular formula is C30H38N4O4. The molecule has 0 bridgehead atoms. The second-order valence-corrected chi connectivity index (χ2v) is 7.79. The molecule has 0 fully saturated rings. The van der Waals surface area contributed by atoms with Gasteiger partial charge in [-0.05, 0) is 86.4 Å². The Labute approximate surface area is 225 Å². The minimum absolute atomic E-state index is 0.299. The zero-order chi connectivity index (χ0) is 28.5. The Hall–Kier alpha value is -4.30. The van der Waals surface area contributed by atoms with Gasteiger partial charge in [-0.25, -0.2) is 0 Å². The van der Waals surface area contributed by atoms with Gasteiger partial charge in [-0.15, -0.1) is 0 Å². The summed E-state index contributed by atoms with van der Waals surface area (Å²) >= 11 is 0. The lowest BCUT2D eigenvalue weighted by molar-refractivity contribution is 0.0996. The molecule has 0 saturated heterocycles. The van der Waals surface area contributed by atoms with E-state index in [2.05, 4.69) is 36.3 Å². The number of amides is 3. The standard InChI is InChI=1S/C22H17N3O4.C6H15N.C2H6/c23-20(27)15-6-10-19(11-7-15)25-22(29)17-3-1-2-16(12-17)21(28)24-18-8-4-14(13-26)5-9-18;1-4-7(5-2)6-3;1-2/h1-13H,(H2,23,27)(H,24,28)(H,25,29);4-6H2,1-3H3;1-2H3. The molecule has 0 spiro atoms. The molecule has 3 rings (SSSR count). The van der Waals surface area contributed by atoms with Crippen LogP contribution < -0.4 is 16.4 Å². The molecule has 202 valence electrons. The summed E-state index contributed by atoms with van der Waals surface area (Å²) in [5.41, 5.74) is 7.66. The molecule has 0 aliphatic heterocycles. The lowest BCUT2D eigenvalue weighted by Gasteiger charge is -2.13. The van der Waals surface area contributed by atoms with Crippen LogP contribution in [0.3, 0.4) is 0 Å². The summed E-state index contributed by atoms with van der Waals surface area (Å²) < 4.78 is 0. The molecule has 3 aromatic rings. The van der Waals surface area contributed by atoms with Crippen molar-refractivity contribution in [1.82, 2.24) is 4.90 Å². The van der Waals surface area contributed by atoms with Crippen LogP contribution in [0.25, 0.3) is 0 Å². The van der Waals surface area contributed by atoms with Crippen molar-refractivity contribution in [2.75, 3.05) is 30.3 Å². The molecule has 3 aromatic carbocycles. The minimum atomic E-state index is -0.553. The lowest BCUT2D eigenvalue weighted by Crippen LogP contribution is -2.21. The lowest BCUT2D eigenvalue weighted by atomic mass is 10.1. The molecule has 3 amide bonds. The SMILES string of the molecule is CC.CCN(CC)CC.NC(=O)c1ccc(NC(=O)c2cccc(C(=O)Nc3ccc(C=O)cc3)c2)cc1. The van der Waals surface area contributed by atoms with Crippen LogP contribution in [-0.4, -0.2) is 48.5 Å². The van der Waals surface area contributed by atoms with E-state index in [1.165, 1.54) is 37.8 Å². The fourth-order valence-electron chi connectivity index (χ4n) is 3.24. The second-order valence-electron chi connectivity index (χ2n) is 7.79. The first kappa shape index (κ1) is 31.7. The Morgan fingerprint density at radius 3 is 1.47 bits per heavy atom. The van der Waals surface area contributed by atoms with E-state index >= 15 is 0 Å². The van der Waals surface area contributed by atoms with E-state index in [1.54, 1.807) is 54.6 Å². The zero-order valence-electron chi connectivity index (χ0n) is 22.8. The Morgan fingerprint density at radius 1 is 0.711 bits per heavy atom. The highest BCUT2D eigenvalue weighted by molar-refractivity contribution is 6.09. The summed E-state index contributed by atoms with van der Waals surface area (Å²) in [4.78, 5) is 49.1. The maximum Gasteiger partial charge on any atom is 0.255 e. The van der Waals surface area contributed by atoms with Gasteiger partial charge in [0, 0.05) is 33.6 Å². The molecule has 0 radical (unpaired) electrons. The highest BCUT2D eigenvalue weighted by atomic mass is 16.2. The summed E-state index contributed by atoms with van der Waals surface area (Å²) in [5, 5.41) is 5.41. The van der Waals surface area contributed by atoms with Crippen LogP contribution in [0.5, 0.6) is 0 Å². The van der Waals surface area contributed by atoms with Crippen molar-refractivity contribution >= 4 is 35.4 Å². The van der Waals surface area contributed by atoms with Crippen molar-refractivity contribution in [1.29, 1.82) is 0 Å². The smallest absolute Gasteiger partial charge is 0.255 e. The first-order valence-electron chi connectivity index (χ1n) is 12.7. The fraction of sp³-hybridized carbons (Fsp3) is 0.267. The van der Waals surface area contributed by atoms with E-state index < -0.39 is 11.8 Å². The third kappa shape index (κ3) is 10.4. The van der Waals surface area contributed by atoms with Crippen LogP contribution in [0.4, 0.5) is 11.4 Å². The highest BCUT2D eigenvalue weighted by Gasteiger charge is 2.12. The van der Waals surface area contributed by atoms with Crippen molar-refractivity contribution in [3.63, 3.8) is 0 Å². The number of nitrogens with two attached hydrogens (primary N) is 1. The maximum absolute atomic E-state index is 12.5. The van der Waals surface area contributed by atoms with E-state index in [0.29, 0.717) is 33.6 Å². The van der Waals surface area contributed by atoms with Gasteiger partial charge in [0.25, 0.3) is 11.8 Å². The summed E-state index contributed by atoms with van der Waals surface area (Å²) in [5.74, 6) is -1.34. The molecule has 0 aromatic heterocycles. The minimum Gasteiger partial charge on any atom is -0.366 e. The van der Waals surface area contributed by atoms with Gasteiger partial charge < -0.3 is 21.3 Å². The molecule has 0 saturated carbocycles. The van der Waals surface area contributed by atoms with Crippen molar-refractivity contribution in [3.8, 4) is 0 Å². The third-order valence-corrected chi connectivity index (χ3v) is 5.46. The number of hydrogen-bond donors (Lipinski definition) is 3. The Balaban J connectivity index is 0.000000696. The average Bonchev–Trinajstić information content (AvgIpc) is 2.96. The first-order chi connectivity index (χ1) is 18.3. The van der Waals surface area contributed by atoms with Gasteiger partial charge in [0.1, 0.15) is 6.29 Å². The fourth-order valence-corrected chi connectivity index (χ4v) is 3.24. The van der Waals surface area contributed by atoms with Gasteiger partial charge in [-0.2, -0.15) is 0 Å². The van der Waals surface area contributed by atoms with Crippen LogP contribution in [-0.2, 0) is 0 Å². The normalized spacial score (nSPS) is 9.74. The van der Waals surface area contributed by atoms with Gasteiger partial charge in [-0.3, -0.25) is 19.2 Å². The molecule has 0 aliphatic carbocycles. The first-order valence-corrected chi connectivity index (χ1v) is 12.7. The highest BCUT2D eigenvalue weighted by Crippen LogP contribution is 2.14. The number of hydrogen-bond acceptors (Lipinski definition) is 5. The zero-order valence-corrected chi connectivity index (χ0v) is 22.8. The molecule has 0 unspecified atom stereocenters. The van der Waals surface area contributed by atoms with Gasteiger partial charge in [0.2, 0.25) is 5.91 Å². The number of benzene rings is 3. The number of primary amides is 1. The number of anilines is 2. The van der Waals surface area contributed by atoms with Crippen molar-refractivity contribution in [2.24, 2.45) is 5.73 Å².